The first kappa shape index (κ1) is 20.0. The summed E-state index contributed by atoms with van der Waals surface area (Å²) in [6, 6.07) is 11.5. The van der Waals surface area contributed by atoms with E-state index in [1.807, 2.05) is 36.4 Å². The molecular weight excluding hydrogens is 342 g/mol. The van der Waals surface area contributed by atoms with E-state index in [0.29, 0.717) is 36.8 Å². The minimum absolute atomic E-state index is 0.0257. The first-order valence-corrected chi connectivity index (χ1v) is 9.35. The van der Waals surface area contributed by atoms with Gasteiger partial charge in [0.1, 0.15) is 0 Å². The first-order chi connectivity index (χ1) is 12.2. The number of rotatable bonds is 11. The van der Waals surface area contributed by atoms with Crippen LogP contribution < -0.4 is 4.74 Å². The summed E-state index contributed by atoms with van der Waals surface area (Å²) in [6.07, 6.45) is 0.513. The molecule has 0 radical (unpaired) electrons. The molecule has 0 aromatic heterocycles. The second-order valence-electron chi connectivity index (χ2n) is 5.41. The lowest BCUT2D eigenvalue weighted by molar-refractivity contribution is 0.0848. The molecule has 0 heterocycles. The quantitative estimate of drug-likeness (QED) is 0.463. The average molecular weight is 367 g/mol. The number of ether oxygens (including phenoxy) is 2. The number of benzene rings is 2. The van der Waals surface area contributed by atoms with Crippen LogP contribution in [-0.4, -0.2) is 65.7 Å². The van der Waals surface area contributed by atoms with E-state index in [1.165, 1.54) is 0 Å². The fraction of sp³-hybridized carbons (Fsp3) is 0.444. The van der Waals surface area contributed by atoms with Crippen LogP contribution in [0, 0.1) is 0 Å². The Bertz CT molecular complexity index is 654. The maximum Gasteiger partial charge on any atom is 0.223 e. The molecule has 25 heavy (non-hydrogen) atoms. The van der Waals surface area contributed by atoms with Crippen molar-refractivity contribution in [3.8, 4) is 5.75 Å². The van der Waals surface area contributed by atoms with Crippen LogP contribution in [0.15, 0.2) is 41.3 Å². The van der Waals surface area contributed by atoms with E-state index < -0.39 is 11.4 Å². The summed E-state index contributed by atoms with van der Waals surface area (Å²) in [5.41, 5.74) is 0. The molecule has 2 aromatic carbocycles. The molecule has 0 fully saturated rings. The summed E-state index contributed by atoms with van der Waals surface area (Å²) >= 11 is -1.46. The summed E-state index contributed by atoms with van der Waals surface area (Å²) in [7, 11) is 1.56. The average Bonchev–Trinajstić information content (AvgIpc) is 2.66. The molecule has 2 rings (SSSR count). The van der Waals surface area contributed by atoms with Gasteiger partial charge in [-0.3, -0.25) is 0 Å². The van der Waals surface area contributed by atoms with Crippen molar-refractivity contribution in [1.82, 2.24) is 4.31 Å². The van der Waals surface area contributed by atoms with Crippen LogP contribution in [0.5, 0.6) is 5.75 Å². The van der Waals surface area contributed by atoms with Gasteiger partial charge in [0.25, 0.3) is 0 Å². The molecule has 0 amide bonds. The van der Waals surface area contributed by atoms with E-state index in [-0.39, 0.29) is 19.8 Å². The third kappa shape index (κ3) is 5.31. The van der Waals surface area contributed by atoms with E-state index in [2.05, 4.69) is 0 Å². The van der Waals surface area contributed by atoms with Gasteiger partial charge in [-0.25, -0.2) is 0 Å². The number of methoxy groups -OCH3 is 1. The summed E-state index contributed by atoms with van der Waals surface area (Å²) in [4.78, 5) is 0.626. The standard InChI is InChI=1S/C18H25NO5S/c1-23-17-8-7-15-5-2-3-6-16(15)18(17)25(22)19(9-4-11-20)10-13-24-14-12-21/h2-3,5-8,20-21H,4,9-14H2,1H3. The molecule has 0 spiro atoms. The van der Waals surface area contributed by atoms with Crippen molar-refractivity contribution in [2.24, 2.45) is 0 Å². The van der Waals surface area contributed by atoms with Gasteiger partial charge in [-0.15, -0.1) is 4.31 Å². The molecule has 7 heteroatoms. The van der Waals surface area contributed by atoms with E-state index in [1.54, 1.807) is 11.4 Å². The zero-order chi connectivity index (χ0) is 18.1. The van der Waals surface area contributed by atoms with Gasteiger partial charge in [0.15, 0.2) is 5.75 Å². The molecule has 2 N–H and O–H groups in total. The Morgan fingerprint density at radius 3 is 2.56 bits per heavy atom. The fourth-order valence-electron chi connectivity index (χ4n) is 2.55. The summed E-state index contributed by atoms with van der Waals surface area (Å²) in [6.45, 7) is 1.48. The van der Waals surface area contributed by atoms with E-state index in [9.17, 15) is 4.55 Å². The van der Waals surface area contributed by atoms with Crippen LogP contribution in [0.2, 0.25) is 0 Å². The summed E-state index contributed by atoms with van der Waals surface area (Å²) in [5.74, 6) is 0.572. The van der Waals surface area contributed by atoms with Crippen LogP contribution in [0.4, 0.5) is 0 Å². The van der Waals surface area contributed by atoms with Gasteiger partial charge in [0.2, 0.25) is 4.90 Å². The lowest BCUT2D eigenvalue weighted by Crippen LogP contribution is -2.35. The molecule has 0 saturated carbocycles. The first-order valence-electron chi connectivity index (χ1n) is 8.25. The Kier molecular flexibility index (Phi) is 8.47. The summed E-state index contributed by atoms with van der Waals surface area (Å²) < 4.78 is 25.8. The Balaban J connectivity index is 2.29. The molecule has 2 aromatic rings. The molecule has 0 aliphatic carbocycles. The van der Waals surface area contributed by atoms with Gasteiger partial charge in [0, 0.05) is 18.5 Å². The molecular formula is C18H25NO5S. The van der Waals surface area contributed by atoms with Gasteiger partial charge >= 0.3 is 0 Å². The van der Waals surface area contributed by atoms with Gasteiger partial charge in [-0.2, -0.15) is 0 Å². The Hall–Kier alpha value is -1.35. The zero-order valence-electron chi connectivity index (χ0n) is 14.4. The van der Waals surface area contributed by atoms with Crippen molar-refractivity contribution in [3.05, 3.63) is 36.4 Å². The molecule has 0 aliphatic rings. The third-order valence-corrected chi connectivity index (χ3v) is 5.36. The number of aliphatic hydroxyl groups is 2. The van der Waals surface area contributed by atoms with E-state index >= 15 is 0 Å². The van der Waals surface area contributed by atoms with Crippen LogP contribution in [0.1, 0.15) is 6.42 Å². The fourth-order valence-corrected chi connectivity index (χ4v) is 4.04. The van der Waals surface area contributed by atoms with Gasteiger partial charge in [-0.05, 0) is 23.9 Å². The monoisotopic (exact) mass is 367 g/mol. The molecule has 0 saturated heterocycles. The maximum absolute atomic E-state index is 13.3. The van der Waals surface area contributed by atoms with E-state index in [0.717, 1.165) is 10.8 Å². The van der Waals surface area contributed by atoms with Gasteiger partial charge < -0.3 is 24.2 Å². The van der Waals surface area contributed by atoms with E-state index in [4.69, 9.17) is 19.7 Å². The minimum atomic E-state index is -1.46. The van der Waals surface area contributed by atoms with Gasteiger partial charge in [0.05, 0.1) is 44.8 Å². The van der Waals surface area contributed by atoms with Crippen LogP contribution in [-0.2, 0) is 16.1 Å². The van der Waals surface area contributed by atoms with Crippen LogP contribution in [0.25, 0.3) is 10.8 Å². The molecule has 6 nitrogen and oxygen atoms in total. The number of hydrogen-bond acceptors (Lipinski definition) is 6. The largest absolute Gasteiger partial charge is 0.593 e. The molecule has 0 bridgehead atoms. The normalized spacial score (nSPS) is 12.7. The highest BCUT2D eigenvalue weighted by Crippen LogP contribution is 2.34. The third-order valence-electron chi connectivity index (χ3n) is 3.76. The van der Waals surface area contributed by atoms with Crippen molar-refractivity contribution in [1.29, 1.82) is 0 Å². The van der Waals surface area contributed by atoms with Crippen molar-refractivity contribution in [2.45, 2.75) is 11.3 Å². The van der Waals surface area contributed by atoms with Crippen molar-refractivity contribution < 1.29 is 24.2 Å². The Morgan fingerprint density at radius 2 is 1.84 bits per heavy atom. The predicted octanol–water partition coefficient (Wildman–Crippen LogP) is 1.56. The molecule has 1 atom stereocenters. The predicted molar refractivity (Wildman–Crippen MR) is 98.1 cm³/mol. The summed E-state index contributed by atoms with van der Waals surface area (Å²) in [5, 5.41) is 19.8. The van der Waals surface area contributed by atoms with Crippen molar-refractivity contribution in [2.75, 3.05) is 46.6 Å². The van der Waals surface area contributed by atoms with Crippen molar-refractivity contribution in [3.63, 3.8) is 0 Å². The zero-order valence-corrected chi connectivity index (χ0v) is 15.2. The lowest BCUT2D eigenvalue weighted by Gasteiger charge is -2.25. The highest BCUT2D eigenvalue weighted by Gasteiger charge is 2.28. The van der Waals surface area contributed by atoms with Crippen LogP contribution in [0.3, 0.4) is 0 Å². The number of aliphatic hydroxyl groups excluding tert-OH is 2. The van der Waals surface area contributed by atoms with Crippen LogP contribution >= 0.6 is 0 Å². The molecule has 0 aliphatic heterocycles. The number of hydrogen-bond donors (Lipinski definition) is 2. The highest BCUT2D eigenvalue weighted by molar-refractivity contribution is 7.89. The number of nitrogens with zero attached hydrogens (tertiary/aromatic N) is 1. The SMILES string of the molecule is COc1ccc2ccccc2c1[S+]([O-])N(CCCO)CCOCCO. The minimum Gasteiger partial charge on any atom is -0.593 e. The van der Waals surface area contributed by atoms with Crippen molar-refractivity contribution >= 4 is 22.1 Å². The Labute approximate surface area is 151 Å². The second-order valence-corrected chi connectivity index (χ2v) is 6.83. The lowest BCUT2D eigenvalue weighted by atomic mass is 10.1. The topological polar surface area (TPSA) is 85.2 Å². The molecule has 1 unspecified atom stereocenters. The molecule has 138 valence electrons. The number of fused-ring (bicyclic) bond motifs is 1. The second kappa shape index (κ2) is 10.6. The smallest absolute Gasteiger partial charge is 0.223 e. The van der Waals surface area contributed by atoms with Gasteiger partial charge in [-0.1, -0.05) is 24.3 Å². The maximum atomic E-state index is 13.3. The highest BCUT2D eigenvalue weighted by atomic mass is 32.2. The Morgan fingerprint density at radius 1 is 1.04 bits per heavy atom.